The number of thioether (sulfide) groups is 2. The molecule has 0 fully saturated rings. The molecule has 0 saturated heterocycles. The average Bonchev–Trinajstić information content (AvgIpc) is 2.56. The minimum absolute atomic E-state index is 0.0203. The van der Waals surface area contributed by atoms with Crippen LogP contribution in [0, 0.1) is 11.6 Å². The lowest BCUT2D eigenvalue weighted by Gasteiger charge is -2.06. The Hall–Kier alpha value is -1.87. The van der Waals surface area contributed by atoms with Gasteiger partial charge in [-0.25, -0.2) is 13.8 Å². The highest BCUT2D eigenvalue weighted by Crippen LogP contribution is 2.17. The molecule has 0 bridgehead atoms. The predicted molar refractivity (Wildman–Crippen MR) is 97.0 cm³/mol. The Morgan fingerprint density at radius 1 is 1.28 bits per heavy atom. The van der Waals surface area contributed by atoms with E-state index in [4.69, 9.17) is 0 Å². The van der Waals surface area contributed by atoms with Crippen molar-refractivity contribution in [2.24, 2.45) is 0 Å². The second-order valence-corrected chi connectivity index (χ2v) is 7.13. The molecule has 0 aliphatic rings. The highest BCUT2D eigenvalue weighted by molar-refractivity contribution is 7.99. The monoisotopic (exact) mass is 385 g/mol. The predicted octanol–water partition coefficient (Wildman–Crippen LogP) is 3.42. The third-order valence-corrected chi connectivity index (χ3v) is 4.98. The molecule has 0 spiro atoms. The summed E-state index contributed by atoms with van der Waals surface area (Å²) in [5, 5.41) is 2.81. The van der Waals surface area contributed by atoms with Crippen molar-refractivity contribution in [1.82, 2.24) is 9.97 Å². The summed E-state index contributed by atoms with van der Waals surface area (Å²) in [4.78, 5) is 30.4. The lowest BCUT2D eigenvalue weighted by atomic mass is 10.3. The maximum atomic E-state index is 13.1. The van der Waals surface area contributed by atoms with Crippen molar-refractivity contribution >= 4 is 35.1 Å². The van der Waals surface area contributed by atoms with Crippen LogP contribution in [0.1, 0.15) is 19.0 Å². The smallest absolute Gasteiger partial charge is 0.251 e. The normalized spacial score (nSPS) is 10.7. The molecule has 9 heteroatoms. The molecule has 1 amide bonds. The van der Waals surface area contributed by atoms with E-state index < -0.39 is 17.5 Å². The Labute approximate surface area is 152 Å². The van der Waals surface area contributed by atoms with Gasteiger partial charge >= 0.3 is 0 Å². The number of nitrogens with zero attached hydrogens (tertiary/aromatic N) is 1. The second-order valence-electron chi connectivity index (χ2n) is 5.06. The molecule has 2 N–H and O–H groups in total. The summed E-state index contributed by atoms with van der Waals surface area (Å²) in [5.41, 5.74) is 0.548. The van der Waals surface area contributed by atoms with E-state index >= 15 is 0 Å². The number of H-pyrrole nitrogens is 1. The minimum Gasteiger partial charge on any atom is -0.325 e. The van der Waals surface area contributed by atoms with Crippen LogP contribution in [0.15, 0.2) is 34.2 Å². The molecule has 0 aliphatic carbocycles. The van der Waals surface area contributed by atoms with Gasteiger partial charge < -0.3 is 10.3 Å². The van der Waals surface area contributed by atoms with Gasteiger partial charge in [0, 0.05) is 23.6 Å². The number of amides is 1. The molecule has 0 unspecified atom stereocenters. The van der Waals surface area contributed by atoms with Crippen LogP contribution < -0.4 is 10.9 Å². The first-order valence-electron chi connectivity index (χ1n) is 7.53. The van der Waals surface area contributed by atoms with Gasteiger partial charge in [-0.2, -0.15) is 11.8 Å². The number of hydrogen-bond acceptors (Lipinski definition) is 5. The maximum absolute atomic E-state index is 13.1. The van der Waals surface area contributed by atoms with Crippen LogP contribution in [0.2, 0.25) is 0 Å². The molecule has 0 atom stereocenters. The standard InChI is InChI=1S/C16H17F2N3O2S2/c1-2-5-24-8-11-7-14(22)21-16(20-11)25-9-15(23)19-10-3-4-12(17)13(18)6-10/h3-4,6-7H,2,5,8-9H2,1H3,(H,19,23)(H,20,21,22). The van der Waals surface area contributed by atoms with Gasteiger partial charge in [-0.3, -0.25) is 9.59 Å². The number of hydrogen-bond donors (Lipinski definition) is 2. The number of halogens is 2. The van der Waals surface area contributed by atoms with Crippen LogP contribution in [0.25, 0.3) is 0 Å². The van der Waals surface area contributed by atoms with Crippen molar-refractivity contribution in [2.75, 3.05) is 16.8 Å². The van der Waals surface area contributed by atoms with Crippen LogP contribution in [-0.4, -0.2) is 27.4 Å². The van der Waals surface area contributed by atoms with E-state index in [1.54, 1.807) is 11.8 Å². The molecule has 2 rings (SSSR count). The summed E-state index contributed by atoms with van der Waals surface area (Å²) in [6, 6.07) is 4.55. The fourth-order valence-corrected chi connectivity index (χ4v) is 3.34. The zero-order valence-corrected chi connectivity index (χ0v) is 15.1. The summed E-state index contributed by atoms with van der Waals surface area (Å²) in [6.45, 7) is 2.07. The van der Waals surface area contributed by atoms with E-state index in [0.29, 0.717) is 16.6 Å². The van der Waals surface area contributed by atoms with Crippen LogP contribution >= 0.6 is 23.5 Å². The van der Waals surface area contributed by atoms with E-state index in [1.807, 2.05) is 0 Å². The van der Waals surface area contributed by atoms with Crippen LogP contribution in [0.4, 0.5) is 14.5 Å². The van der Waals surface area contributed by atoms with E-state index in [1.165, 1.54) is 12.1 Å². The fourth-order valence-electron chi connectivity index (χ4n) is 1.85. The van der Waals surface area contributed by atoms with Crippen LogP contribution in [-0.2, 0) is 10.5 Å². The SMILES string of the molecule is CCCSCc1cc(=O)[nH]c(SCC(=O)Nc2ccc(F)c(F)c2)n1. The molecule has 5 nitrogen and oxygen atoms in total. The van der Waals surface area contributed by atoms with Crippen molar-refractivity contribution in [1.29, 1.82) is 0 Å². The van der Waals surface area contributed by atoms with Gasteiger partial charge in [0.25, 0.3) is 5.56 Å². The molecule has 1 heterocycles. The number of aromatic amines is 1. The van der Waals surface area contributed by atoms with Crippen molar-refractivity contribution in [3.63, 3.8) is 0 Å². The highest BCUT2D eigenvalue weighted by Gasteiger charge is 2.09. The van der Waals surface area contributed by atoms with Crippen molar-refractivity contribution in [3.05, 3.63) is 51.9 Å². The first-order valence-corrected chi connectivity index (χ1v) is 9.67. The maximum Gasteiger partial charge on any atom is 0.251 e. The lowest BCUT2D eigenvalue weighted by molar-refractivity contribution is -0.113. The third-order valence-electron chi connectivity index (χ3n) is 2.91. The highest BCUT2D eigenvalue weighted by atomic mass is 32.2. The summed E-state index contributed by atoms with van der Waals surface area (Å²) in [7, 11) is 0. The van der Waals surface area contributed by atoms with Gasteiger partial charge in [0.2, 0.25) is 5.91 Å². The summed E-state index contributed by atoms with van der Waals surface area (Å²) >= 11 is 2.75. The van der Waals surface area contributed by atoms with E-state index in [2.05, 4.69) is 22.2 Å². The van der Waals surface area contributed by atoms with E-state index in [0.717, 1.165) is 36.1 Å². The quantitative estimate of drug-likeness (QED) is 0.414. The zero-order valence-electron chi connectivity index (χ0n) is 13.5. The number of benzene rings is 1. The number of rotatable bonds is 8. The van der Waals surface area contributed by atoms with Gasteiger partial charge in [-0.15, -0.1) is 0 Å². The number of nitrogens with one attached hydrogen (secondary N) is 2. The largest absolute Gasteiger partial charge is 0.325 e. The number of carbonyl (C=O) groups is 1. The molecule has 0 saturated carbocycles. The molecule has 0 aliphatic heterocycles. The molecule has 2 aromatic rings. The molecule has 0 radical (unpaired) electrons. The molecule has 1 aromatic heterocycles. The van der Waals surface area contributed by atoms with Crippen molar-refractivity contribution < 1.29 is 13.6 Å². The van der Waals surface area contributed by atoms with Gasteiger partial charge in [-0.05, 0) is 24.3 Å². The number of anilines is 1. The summed E-state index contributed by atoms with van der Waals surface area (Å²) in [5.74, 6) is -0.835. The fraction of sp³-hybridized carbons (Fsp3) is 0.312. The molecular weight excluding hydrogens is 368 g/mol. The molecular formula is C16H17F2N3O2S2. The molecule has 134 valence electrons. The molecule has 25 heavy (non-hydrogen) atoms. The summed E-state index contributed by atoms with van der Waals surface area (Å²) in [6.07, 6.45) is 1.04. The lowest BCUT2D eigenvalue weighted by Crippen LogP contribution is -2.16. The van der Waals surface area contributed by atoms with Gasteiger partial charge in [0.1, 0.15) is 0 Å². The van der Waals surface area contributed by atoms with E-state index in [9.17, 15) is 18.4 Å². The van der Waals surface area contributed by atoms with E-state index in [-0.39, 0.29) is 17.0 Å². The number of carbonyl (C=O) groups excluding carboxylic acids is 1. The second kappa shape index (κ2) is 9.57. The topological polar surface area (TPSA) is 74.8 Å². The average molecular weight is 385 g/mol. The van der Waals surface area contributed by atoms with Gasteiger partial charge in [0.05, 0.1) is 11.4 Å². The Kier molecular flexibility index (Phi) is 7.45. The zero-order chi connectivity index (χ0) is 18.2. The Morgan fingerprint density at radius 2 is 2.08 bits per heavy atom. The minimum atomic E-state index is -1.03. The van der Waals surface area contributed by atoms with Crippen LogP contribution in [0.3, 0.4) is 0 Å². The summed E-state index contributed by atoms with van der Waals surface area (Å²) < 4.78 is 26.0. The van der Waals surface area contributed by atoms with Crippen molar-refractivity contribution in [2.45, 2.75) is 24.3 Å². The van der Waals surface area contributed by atoms with Gasteiger partial charge in [-0.1, -0.05) is 18.7 Å². The van der Waals surface area contributed by atoms with Crippen LogP contribution in [0.5, 0.6) is 0 Å². The Morgan fingerprint density at radius 3 is 2.80 bits per heavy atom. The van der Waals surface area contributed by atoms with Gasteiger partial charge in [0.15, 0.2) is 16.8 Å². The Balaban J connectivity index is 1.92. The van der Waals surface area contributed by atoms with Crippen molar-refractivity contribution in [3.8, 4) is 0 Å². The molecule has 1 aromatic carbocycles. The third kappa shape index (κ3) is 6.50. The number of aromatic nitrogens is 2. The first-order chi connectivity index (χ1) is 12.0. The first kappa shape index (κ1) is 19.5. The Bertz CT molecular complexity index is 799.